The second kappa shape index (κ2) is 14.8. The van der Waals surface area contributed by atoms with Crippen LogP contribution in [0.25, 0.3) is 0 Å². The summed E-state index contributed by atoms with van der Waals surface area (Å²) in [6, 6.07) is 2.10. The van der Waals surface area contributed by atoms with Crippen LogP contribution in [0.4, 0.5) is 0 Å². The van der Waals surface area contributed by atoms with E-state index in [1.165, 1.54) is 63.4 Å². The summed E-state index contributed by atoms with van der Waals surface area (Å²) in [5, 5.41) is 25.0. The van der Waals surface area contributed by atoms with Crippen LogP contribution in [0, 0.1) is 0 Å². The number of tetrazole rings is 1. The number of carbonyl (C=O) groups is 2. The second-order valence-corrected chi connectivity index (χ2v) is 9.13. The number of carbonyl (C=O) groups excluding carboxylic acids is 1. The number of carboxylic acids is 1. The van der Waals surface area contributed by atoms with Gasteiger partial charge in [-0.3, -0.25) is 9.59 Å². The van der Waals surface area contributed by atoms with Gasteiger partial charge in [-0.1, -0.05) is 69.9 Å². The molecule has 0 radical (unpaired) electrons. The molecule has 1 unspecified atom stereocenters. The average molecular weight is 449 g/mol. The first-order chi connectivity index (χ1) is 15.1. The number of nitrogens with zero attached hydrogens (tertiary/aromatic N) is 3. The van der Waals surface area contributed by atoms with E-state index in [9.17, 15) is 9.59 Å². The smallest absolute Gasteiger partial charge is 0.303 e. The maximum absolute atomic E-state index is 12.8. The largest absolute Gasteiger partial charge is 0.481 e. The highest BCUT2D eigenvalue weighted by molar-refractivity contribution is 7.10. The van der Waals surface area contributed by atoms with Gasteiger partial charge in [0, 0.05) is 17.7 Å². The van der Waals surface area contributed by atoms with Gasteiger partial charge in [-0.2, -0.15) is 5.21 Å². The highest BCUT2D eigenvalue weighted by Crippen LogP contribution is 2.31. The Morgan fingerprint density at radius 2 is 1.71 bits per heavy atom. The number of Topliss-reactive ketones (excluding diaryl/α,β-unsaturated/α-hetero) is 1. The number of aliphatic carboxylic acids is 1. The molecule has 0 spiro atoms. The molecule has 0 aromatic carbocycles. The minimum Gasteiger partial charge on any atom is -0.481 e. The number of unbranched alkanes of at least 4 members (excludes halogenated alkanes) is 9. The van der Waals surface area contributed by atoms with E-state index in [0.717, 1.165) is 17.7 Å². The summed E-state index contributed by atoms with van der Waals surface area (Å²) in [5.74, 6) is -0.954. The van der Waals surface area contributed by atoms with Gasteiger partial charge >= 0.3 is 5.97 Å². The first-order valence-corrected chi connectivity index (χ1v) is 12.5. The number of rotatable bonds is 18. The second-order valence-electron chi connectivity index (χ2n) is 8.19. The summed E-state index contributed by atoms with van der Waals surface area (Å²) in [6.07, 6.45) is 14.1. The highest BCUT2D eigenvalue weighted by atomic mass is 32.1. The van der Waals surface area contributed by atoms with Crippen LogP contribution < -0.4 is 0 Å². The van der Waals surface area contributed by atoms with Gasteiger partial charge in [-0.25, -0.2) is 0 Å². The molecular weight excluding hydrogens is 412 g/mol. The highest BCUT2D eigenvalue weighted by Gasteiger charge is 2.26. The van der Waals surface area contributed by atoms with Crippen LogP contribution in [0.2, 0.25) is 0 Å². The van der Waals surface area contributed by atoms with Crippen LogP contribution in [-0.4, -0.2) is 37.5 Å². The van der Waals surface area contributed by atoms with Crippen LogP contribution in [0.15, 0.2) is 11.4 Å². The minimum absolute atomic E-state index is 0.0213. The molecule has 0 bridgehead atoms. The molecule has 172 valence electrons. The molecule has 1 atom stereocenters. The zero-order valence-electron chi connectivity index (χ0n) is 18.6. The number of ketones is 1. The van der Waals surface area contributed by atoms with Gasteiger partial charge in [0.15, 0.2) is 5.82 Å². The average Bonchev–Trinajstić information content (AvgIpc) is 3.43. The number of H-pyrrole nitrogens is 1. The molecule has 2 heterocycles. The molecule has 2 N–H and O–H groups in total. The minimum atomic E-state index is -0.955. The lowest BCUT2D eigenvalue weighted by molar-refractivity contribution is -0.138. The van der Waals surface area contributed by atoms with E-state index in [1.807, 2.05) is 5.38 Å². The molecule has 2 aromatic rings. The molecule has 7 nitrogen and oxygen atoms in total. The van der Waals surface area contributed by atoms with Gasteiger partial charge < -0.3 is 5.11 Å². The van der Waals surface area contributed by atoms with Gasteiger partial charge in [0.25, 0.3) is 0 Å². The third-order valence-corrected chi connectivity index (χ3v) is 6.72. The van der Waals surface area contributed by atoms with Crippen LogP contribution in [-0.2, 0) is 22.4 Å². The lowest BCUT2D eigenvalue weighted by Gasteiger charge is -2.15. The number of aromatic nitrogens is 4. The third-order valence-electron chi connectivity index (χ3n) is 5.65. The standard InChI is InChI=1S/C23H36N4O3S/c1-2-3-4-5-6-7-8-9-10-11-12-18-15-16-31-23(18)19(17-21-24-26-27-25-21)20(28)13-14-22(29)30/h15-16,19H,2-14,17H2,1H3,(H,29,30)(H,24,25,26,27). The Morgan fingerprint density at radius 3 is 2.32 bits per heavy atom. The Labute approximate surface area is 189 Å². The molecule has 0 amide bonds. The summed E-state index contributed by atoms with van der Waals surface area (Å²) in [6.45, 7) is 2.25. The number of carboxylic acid groups (broad SMARTS) is 1. The molecular formula is C23H36N4O3S. The monoisotopic (exact) mass is 448 g/mol. The Balaban J connectivity index is 1.82. The van der Waals surface area contributed by atoms with Crippen molar-refractivity contribution >= 4 is 23.1 Å². The number of hydrogen-bond donors (Lipinski definition) is 2. The van der Waals surface area contributed by atoms with E-state index >= 15 is 0 Å². The number of hydrogen-bond acceptors (Lipinski definition) is 6. The molecule has 0 saturated heterocycles. The molecule has 8 heteroatoms. The third kappa shape index (κ3) is 9.72. The lowest BCUT2D eigenvalue weighted by Crippen LogP contribution is -2.17. The summed E-state index contributed by atoms with van der Waals surface area (Å²) in [5.41, 5.74) is 1.20. The topological polar surface area (TPSA) is 109 Å². The Bertz CT molecular complexity index is 761. The number of aromatic amines is 1. The summed E-state index contributed by atoms with van der Waals surface area (Å²) in [7, 11) is 0. The molecule has 0 saturated carbocycles. The van der Waals surface area contributed by atoms with Gasteiger partial charge in [0.1, 0.15) is 5.78 Å². The summed E-state index contributed by atoms with van der Waals surface area (Å²) in [4.78, 5) is 24.8. The quantitative estimate of drug-likeness (QED) is 0.292. The molecule has 0 fully saturated rings. The zero-order chi connectivity index (χ0) is 22.3. The Hall–Kier alpha value is -2.09. The first kappa shape index (κ1) is 25.2. The van der Waals surface area contributed by atoms with E-state index in [2.05, 4.69) is 33.6 Å². The normalized spacial score (nSPS) is 12.2. The molecule has 31 heavy (non-hydrogen) atoms. The van der Waals surface area contributed by atoms with E-state index in [-0.39, 0.29) is 18.6 Å². The van der Waals surface area contributed by atoms with Gasteiger partial charge in [0.05, 0.1) is 12.3 Å². The van der Waals surface area contributed by atoms with E-state index in [4.69, 9.17) is 5.11 Å². The van der Waals surface area contributed by atoms with Crippen LogP contribution in [0.3, 0.4) is 0 Å². The number of aryl methyl sites for hydroxylation is 1. The molecule has 0 aliphatic heterocycles. The maximum Gasteiger partial charge on any atom is 0.303 e. The summed E-state index contributed by atoms with van der Waals surface area (Å²) >= 11 is 1.57. The SMILES string of the molecule is CCCCCCCCCCCCc1ccsc1C(Cc1nn[nH]n1)C(=O)CCC(=O)O. The van der Waals surface area contributed by atoms with Crippen molar-refractivity contribution in [1.82, 2.24) is 20.6 Å². The van der Waals surface area contributed by atoms with Crippen LogP contribution in [0.5, 0.6) is 0 Å². The maximum atomic E-state index is 12.8. The van der Waals surface area contributed by atoms with Crippen molar-refractivity contribution in [3.8, 4) is 0 Å². The van der Waals surface area contributed by atoms with Crippen molar-refractivity contribution in [2.75, 3.05) is 0 Å². The van der Waals surface area contributed by atoms with Gasteiger partial charge in [-0.15, -0.1) is 21.5 Å². The fraction of sp³-hybridized carbons (Fsp3) is 0.696. The fourth-order valence-electron chi connectivity index (χ4n) is 3.87. The first-order valence-electron chi connectivity index (χ1n) is 11.6. The molecule has 0 aliphatic rings. The Morgan fingerprint density at radius 1 is 1.03 bits per heavy atom. The van der Waals surface area contributed by atoms with Crippen LogP contribution in [0.1, 0.15) is 106 Å². The molecule has 2 aromatic heterocycles. The summed E-state index contributed by atoms with van der Waals surface area (Å²) < 4.78 is 0. The number of nitrogens with one attached hydrogen (secondary N) is 1. The van der Waals surface area contributed by atoms with Crippen molar-refractivity contribution < 1.29 is 14.7 Å². The van der Waals surface area contributed by atoms with Gasteiger partial charge in [0.2, 0.25) is 0 Å². The van der Waals surface area contributed by atoms with Crippen molar-refractivity contribution in [3.05, 3.63) is 27.7 Å². The van der Waals surface area contributed by atoms with E-state index < -0.39 is 11.9 Å². The number of thiophene rings is 1. The molecule has 2 rings (SSSR count). The predicted octanol–water partition coefficient (Wildman–Crippen LogP) is 5.48. The predicted molar refractivity (Wildman–Crippen MR) is 122 cm³/mol. The zero-order valence-corrected chi connectivity index (χ0v) is 19.5. The van der Waals surface area contributed by atoms with E-state index in [1.54, 1.807) is 11.3 Å². The fourth-order valence-corrected chi connectivity index (χ4v) is 4.95. The van der Waals surface area contributed by atoms with Crippen LogP contribution >= 0.6 is 11.3 Å². The van der Waals surface area contributed by atoms with E-state index in [0.29, 0.717) is 12.2 Å². The Kier molecular flexibility index (Phi) is 12.0. The van der Waals surface area contributed by atoms with Crippen molar-refractivity contribution in [2.24, 2.45) is 0 Å². The lowest BCUT2D eigenvalue weighted by atomic mass is 9.91. The van der Waals surface area contributed by atoms with Crippen molar-refractivity contribution in [3.63, 3.8) is 0 Å². The van der Waals surface area contributed by atoms with Crippen molar-refractivity contribution in [2.45, 2.75) is 103 Å². The van der Waals surface area contributed by atoms with Gasteiger partial charge in [-0.05, 0) is 29.9 Å². The van der Waals surface area contributed by atoms with Crippen molar-refractivity contribution in [1.29, 1.82) is 0 Å². The molecule has 0 aliphatic carbocycles.